The van der Waals surface area contributed by atoms with Crippen LogP contribution in [-0.2, 0) is 0 Å². The smallest absolute Gasteiger partial charge is 0.0657 e. The molecule has 4 aliphatic rings. The molecule has 4 rings (SSSR count). The maximum Gasteiger partial charge on any atom is 0.0657 e. The Morgan fingerprint density at radius 2 is 1.77 bits per heavy atom. The summed E-state index contributed by atoms with van der Waals surface area (Å²) in [6.45, 7) is 13.7. The van der Waals surface area contributed by atoms with Crippen LogP contribution in [0.2, 0.25) is 0 Å². The lowest BCUT2D eigenvalue weighted by Crippen LogP contribution is -2.51. The van der Waals surface area contributed by atoms with E-state index in [0.29, 0.717) is 10.8 Å². The molecule has 0 saturated heterocycles. The predicted molar refractivity (Wildman–Crippen MR) is 125 cm³/mol. The standard InChI is InChI=1S/C28H48O2/c1-25(2,3)24(29)9-7-8-19-11-13-22-21-12-10-20-18-26(4,30)16-17-28(20,6)23(21)14-15-27(19,22)5/h10,19,21-24,29-30H,7-9,11-18H2,1-6H3/t19-,21-,22-,23-,24-,26-,27+,28-/m0/s1. The highest BCUT2D eigenvalue weighted by molar-refractivity contribution is 5.26. The van der Waals surface area contributed by atoms with Gasteiger partial charge in [-0.15, -0.1) is 0 Å². The third kappa shape index (κ3) is 3.83. The molecule has 0 heterocycles. The summed E-state index contributed by atoms with van der Waals surface area (Å²) in [4.78, 5) is 0. The summed E-state index contributed by atoms with van der Waals surface area (Å²) in [6, 6.07) is 0. The molecule has 2 nitrogen and oxygen atoms in total. The second kappa shape index (κ2) is 7.62. The zero-order chi connectivity index (χ0) is 21.9. The average Bonchev–Trinajstić information content (AvgIpc) is 2.98. The largest absolute Gasteiger partial charge is 0.393 e. The van der Waals surface area contributed by atoms with Crippen LogP contribution in [0.25, 0.3) is 0 Å². The minimum absolute atomic E-state index is 0.00635. The van der Waals surface area contributed by atoms with Gasteiger partial charge >= 0.3 is 0 Å². The molecule has 0 bridgehead atoms. The first-order chi connectivity index (χ1) is 13.9. The van der Waals surface area contributed by atoms with Gasteiger partial charge in [0.15, 0.2) is 0 Å². The van der Waals surface area contributed by atoms with Crippen LogP contribution in [0.4, 0.5) is 0 Å². The molecule has 0 aromatic carbocycles. The highest BCUT2D eigenvalue weighted by Gasteiger charge is 2.58. The summed E-state index contributed by atoms with van der Waals surface area (Å²) in [5.74, 6) is 3.41. The van der Waals surface area contributed by atoms with Crippen LogP contribution in [0.3, 0.4) is 0 Å². The van der Waals surface area contributed by atoms with Crippen LogP contribution in [0, 0.1) is 39.9 Å². The maximum absolute atomic E-state index is 10.7. The molecule has 0 aromatic rings. The molecule has 30 heavy (non-hydrogen) atoms. The summed E-state index contributed by atoms with van der Waals surface area (Å²) in [7, 11) is 0. The third-order valence-corrected chi connectivity index (χ3v) is 10.6. The Hall–Kier alpha value is -0.340. The van der Waals surface area contributed by atoms with Gasteiger partial charge in [-0.3, -0.25) is 0 Å². The Morgan fingerprint density at radius 3 is 2.47 bits per heavy atom. The Balaban J connectivity index is 1.44. The van der Waals surface area contributed by atoms with Gasteiger partial charge in [0.05, 0.1) is 11.7 Å². The average molecular weight is 417 g/mol. The van der Waals surface area contributed by atoms with Crippen LogP contribution in [-0.4, -0.2) is 21.9 Å². The highest BCUT2D eigenvalue weighted by atomic mass is 16.3. The second-order valence-corrected chi connectivity index (χ2v) is 13.6. The molecule has 2 N–H and O–H groups in total. The van der Waals surface area contributed by atoms with E-state index in [1.54, 1.807) is 5.57 Å². The van der Waals surface area contributed by atoms with Gasteiger partial charge in [0, 0.05) is 0 Å². The summed E-state index contributed by atoms with van der Waals surface area (Å²) < 4.78 is 0. The Morgan fingerprint density at radius 1 is 1.03 bits per heavy atom. The third-order valence-electron chi connectivity index (χ3n) is 10.6. The molecule has 3 saturated carbocycles. The number of aliphatic hydroxyl groups excluding tert-OH is 1. The number of allylic oxidation sites excluding steroid dienone is 1. The van der Waals surface area contributed by atoms with Crippen LogP contribution in [0.15, 0.2) is 11.6 Å². The lowest BCUT2D eigenvalue weighted by Gasteiger charge is -2.59. The first kappa shape index (κ1) is 22.8. The lowest BCUT2D eigenvalue weighted by molar-refractivity contribution is -0.0664. The lowest BCUT2D eigenvalue weighted by atomic mass is 9.46. The number of hydrogen-bond donors (Lipinski definition) is 2. The van der Waals surface area contributed by atoms with Gasteiger partial charge in [0.25, 0.3) is 0 Å². The van der Waals surface area contributed by atoms with Crippen molar-refractivity contribution < 1.29 is 10.2 Å². The second-order valence-electron chi connectivity index (χ2n) is 13.6. The van der Waals surface area contributed by atoms with Crippen LogP contribution in [0.5, 0.6) is 0 Å². The van der Waals surface area contributed by atoms with Crippen molar-refractivity contribution in [1.82, 2.24) is 0 Å². The molecule has 0 aromatic heterocycles. The van der Waals surface area contributed by atoms with E-state index in [1.165, 1.54) is 51.4 Å². The SMILES string of the molecule is CC(C)(C)[C@@H](O)CCC[C@H]1CC[C@H]2[C@@H]3CC=C4C[C@@](C)(O)CC[C@]4(C)[C@H]3CC[C@]12C. The first-order valence-electron chi connectivity index (χ1n) is 13.0. The van der Waals surface area contributed by atoms with Crippen LogP contribution >= 0.6 is 0 Å². The van der Waals surface area contributed by atoms with Gasteiger partial charge in [-0.1, -0.05) is 52.7 Å². The van der Waals surface area contributed by atoms with E-state index in [2.05, 4.69) is 40.7 Å². The summed E-state index contributed by atoms with van der Waals surface area (Å²) in [6.07, 6.45) is 15.7. The molecule has 0 aliphatic heterocycles. The van der Waals surface area contributed by atoms with Crippen LogP contribution < -0.4 is 0 Å². The van der Waals surface area contributed by atoms with Gasteiger partial charge in [0.2, 0.25) is 0 Å². The molecule has 172 valence electrons. The minimum Gasteiger partial charge on any atom is -0.393 e. The number of hydrogen-bond acceptors (Lipinski definition) is 2. The van der Waals surface area contributed by atoms with Crippen LogP contribution in [0.1, 0.15) is 112 Å². The molecule has 0 unspecified atom stereocenters. The van der Waals surface area contributed by atoms with E-state index in [0.717, 1.165) is 42.9 Å². The van der Waals surface area contributed by atoms with Crippen molar-refractivity contribution in [3.05, 3.63) is 11.6 Å². The van der Waals surface area contributed by atoms with Crippen molar-refractivity contribution in [3.63, 3.8) is 0 Å². The molecule has 3 fully saturated rings. The van der Waals surface area contributed by atoms with Crippen molar-refractivity contribution in [2.45, 2.75) is 124 Å². The van der Waals surface area contributed by atoms with Crippen molar-refractivity contribution in [1.29, 1.82) is 0 Å². The fourth-order valence-electron chi connectivity index (χ4n) is 8.38. The Bertz CT molecular complexity index is 671. The maximum atomic E-state index is 10.7. The van der Waals surface area contributed by atoms with E-state index >= 15 is 0 Å². The number of rotatable bonds is 4. The van der Waals surface area contributed by atoms with E-state index in [9.17, 15) is 10.2 Å². The van der Waals surface area contributed by atoms with Crippen molar-refractivity contribution in [2.75, 3.05) is 0 Å². The quantitative estimate of drug-likeness (QED) is 0.490. The van der Waals surface area contributed by atoms with Crippen molar-refractivity contribution >= 4 is 0 Å². The Kier molecular flexibility index (Phi) is 5.80. The minimum atomic E-state index is -0.489. The zero-order valence-electron chi connectivity index (χ0n) is 20.6. The van der Waals surface area contributed by atoms with Gasteiger partial charge < -0.3 is 10.2 Å². The highest BCUT2D eigenvalue weighted by Crippen LogP contribution is 2.67. The van der Waals surface area contributed by atoms with E-state index in [4.69, 9.17) is 0 Å². The monoisotopic (exact) mass is 416 g/mol. The summed E-state index contributed by atoms with van der Waals surface area (Å²) in [5.41, 5.74) is 1.94. The fourth-order valence-corrected chi connectivity index (χ4v) is 8.38. The molecule has 2 heteroatoms. The molecule has 0 spiro atoms. The van der Waals surface area contributed by atoms with E-state index in [-0.39, 0.29) is 11.5 Å². The number of aliphatic hydroxyl groups is 2. The van der Waals surface area contributed by atoms with Crippen molar-refractivity contribution in [3.8, 4) is 0 Å². The van der Waals surface area contributed by atoms with Crippen molar-refractivity contribution in [2.24, 2.45) is 39.9 Å². The number of fused-ring (bicyclic) bond motifs is 5. The Labute approximate surface area is 185 Å². The van der Waals surface area contributed by atoms with Gasteiger partial charge in [0.1, 0.15) is 0 Å². The molecule has 8 atom stereocenters. The first-order valence-corrected chi connectivity index (χ1v) is 13.0. The molecular formula is C28H48O2. The van der Waals surface area contributed by atoms with Gasteiger partial charge in [-0.25, -0.2) is 0 Å². The molecule has 0 radical (unpaired) electrons. The normalized spacial score (nSPS) is 47.1. The molecule has 0 amide bonds. The molecular weight excluding hydrogens is 368 g/mol. The predicted octanol–water partition coefficient (Wildman–Crippen LogP) is 6.89. The molecule has 4 aliphatic carbocycles. The van der Waals surface area contributed by atoms with Gasteiger partial charge in [-0.2, -0.15) is 0 Å². The van der Waals surface area contributed by atoms with Gasteiger partial charge in [-0.05, 0) is 111 Å². The summed E-state index contributed by atoms with van der Waals surface area (Å²) >= 11 is 0. The topological polar surface area (TPSA) is 40.5 Å². The van der Waals surface area contributed by atoms with E-state index < -0.39 is 5.60 Å². The zero-order valence-corrected chi connectivity index (χ0v) is 20.6. The van der Waals surface area contributed by atoms with E-state index in [1.807, 2.05) is 6.92 Å². The fraction of sp³-hybridized carbons (Fsp3) is 0.929. The summed E-state index contributed by atoms with van der Waals surface area (Å²) in [5, 5.41) is 21.1.